The molecule has 0 aromatic heterocycles. The molecule has 3 heterocycles. The molecule has 20 N–H and O–H groups in total. The van der Waals surface area contributed by atoms with E-state index in [-0.39, 0.29) is 62.8 Å². The second kappa shape index (κ2) is 24.9. The molecule has 3 aliphatic rings. The fraction of sp³-hybridized carbons (Fsp3) is 0.194. The zero-order chi connectivity index (χ0) is 68.5. The van der Waals surface area contributed by atoms with E-state index in [0.29, 0.717) is 0 Å². The first kappa shape index (κ1) is 63.8. The normalized spacial score (nSPS) is 19.3. The average molecular weight is 1330 g/mol. The average Bonchev–Trinajstić information content (AvgIpc) is 0.711. The zero-order valence-electron chi connectivity index (χ0n) is 49.5. The van der Waals surface area contributed by atoms with E-state index in [1.807, 2.05) is 0 Å². The van der Waals surface area contributed by atoms with Crippen LogP contribution in [0.4, 0.5) is 0 Å². The van der Waals surface area contributed by atoms with E-state index in [1.54, 1.807) is 0 Å². The number of rotatable bonds is 17. The van der Waals surface area contributed by atoms with Crippen molar-refractivity contribution in [1.29, 1.82) is 0 Å². The van der Waals surface area contributed by atoms with Crippen molar-refractivity contribution < 1.29 is 145 Å². The molecule has 3 aliphatic heterocycles. The monoisotopic (exact) mass is 1330 g/mol. The summed E-state index contributed by atoms with van der Waals surface area (Å²) in [5.41, 5.74) is -1.51. The third-order valence-electron chi connectivity index (χ3n) is 16.6. The highest BCUT2D eigenvalue weighted by Gasteiger charge is 2.53. The van der Waals surface area contributed by atoms with Crippen LogP contribution in [0.1, 0.15) is 80.2 Å². The number of benzene rings is 9. The van der Waals surface area contributed by atoms with Gasteiger partial charge in [0.05, 0.1) is 11.8 Å². The molecule has 500 valence electrons. The largest absolute Gasteiger partial charge is 0.508 e. The first-order chi connectivity index (χ1) is 45.7. The molecule has 9 aromatic rings. The number of phenols is 20. The minimum absolute atomic E-state index is 0.00120. The number of aryl methyl sites for hydroxylation is 1. The summed E-state index contributed by atoms with van der Waals surface area (Å²) in [6, 6.07) is 20.3. The van der Waals surface area contributed by atoms with Gasteiger partial charge in [-0.1, -0.05) is 18.2 Å². The number of hydrogen-bond acceptors (Lipinski definition) is 29. The van der Waals surface area contributed by atoms with Gasteiger partial charge in [-0.25, -0.2) is 0 Å². The molecule has 8 atom stereocenters. The number of fused-ring (bicyclic) bond motifs is 3. The van der Waals surface area contributed by atoms with E-state index in [4.69, 9.17) is 42.6 Å². The highest BCUT2D eigenvalue weighted by Crippen LogP contribution is 2.64. The number of hydrogen-bond donors (Lipinski definition) is 20. The molecule has 0 radical (unpaired) electrons. The second-order valence-corrected chi connectivity index (χ2v) is 22.6. The second-order valence-electron chi connectivity index (χ2n) is 22.6. The topological polar surface area (TPSA) is 488 Å². The molecule has 29 nitrogen and oxygen atoms in total. The molecule has 0 saturated heterocycles. The van der Waals surface area contributed by atoms with Gasteiger partial charge < -0.3 is 145 Å². The predicted octanol–water partition coefficient (Wildman–Crippen LogP) is 8.58. The zero-order valence-corrected chi connectivity index (χ0v) is 49.5. The fourth-order valence-corrected chi connectivity index (χ4v) is 12.1. The maximum absolute atomic E-state index is 12.8. The van der Waals surface area contributed by atoms with Crippen molar-refractivity contribution in [2.24, 2.45) is 0 Å². The molecule has 0 amide bonds. The molecular formula is C67H58O29. The molecule has 0 fully saturated rings. The van der Waals surface area contributed by atoms with E-state index in [1.165, 1.54) is 31.2 Å². The molecule has 0 spiro atoms. The minimum Gasteiger partial charge on any atom is -0.508 e. The molecule has 9 aromatic carbocycles. The Hall–Kier alpha value is -12.3. The minimum atomic E-state index is -1.87. The van der Waals surface area contributed by atoms with E-state index >= 15 is 0 Å². The number of phenolic OH excluding ortho intramolecular Hbond substituents is 20. The molecule has 0 bridgehead atoms. The van der Waals surface area contributed by atoms with Gasteiger partial charge in [0.2, 0.25) is 11.5 Å². The Kier molecular flexibility index (Phi) is 16.6. The summed E-state index contributed by atoms with van der Waals surface area (Å²) in [4.78, 5) is 0. The summed E-state index contributed by atoms with van der Waals surface area (Å²) in [6.45, 7) is -0.962. The molecule has 0 unspecified atom stereocenters. The van der Waals surface area contributed by atoms with Crippen molar-refractivity contribution in [3.63, 3.8) is 0 Å². The summed E-state index contributed by atoms with van der Waals surface area (Å²) in [5, 5.41) is 221. The Balaban J connectivity index is 1.10. The van der Waals surface area contributed by atoms with Gasteiger partial charge in [-0.05, 0) is 71.6 Å². The predicted molar refractivity (Wildman–Crippen MR) is 325 cm³/mol. The highest BCUT2D eigenvalue weighted by molar-refractivity contribution is 5.71. The van der Waals surface area contributed by atoms with Crippen LogP contribution in [0.5, 0.6) is 149 Å². The summed E-state index contributed by atoms with van der Waals surface area (Å²) in [5.74, 6) is -20.0. The molecule has 29 heteroatoms. The van der Waals surface area contributed by atoms with E-state index < -0.39 is 212 Å². The molecule has 12 rings (SSSR count). The van der Waals surface area contributed by atoms with E-state index in [0.717, 1.165) is 91.0 Å². The molecular weight excluding hydrogens is 1270 g/mol. The Labute approximate surface area is 540 Å². The quantitative estimate of drug-likeness (QED) is 0.0299. The molecule has 0 aliphatic carbocycles. The van der Waals surface area contributed by atoms with Crippen molar-refractivity contribution in [3.8, 4) is 149 Å². The fourth-order valence-electron chi connectivity index (χ4n) is 12.1. The van der Waals surface area contributed by atoms with Gasteiger partial charge in [-0.2, -0.15) is 0 Å². The standard InChI is InChI=1S/C67H58O29/c1-25-8-30(14-45(80)58(25)85)88-22-91-51-19-33-37(72)20-42(77)53(64(33)95-61(51)26-2-5-34(69)38(73)9-26)57-55-44(79)21-43(78)54(65(55)96-63(28-4-7-36(71)40(75)11-28)67(57)93-24-90-32-17-48(83)60(87)49(84)18-32)56-52-41(76)12-29(68)13-50(52)94-62(27-3-6-35(70)39(74)10-27)66(56)92-23-89-31-15-46(81)59(86)47(82)16-31/h2-18,20-21,51,56-57,61-63,66-87H,19,22-24H2,1H3/t51-,56-,57+,61-,62-,63-,66-,67-/m1/s1. The van der Waals surface area contributed by atoms with Gasteiger partial charge in [0.25, 0.3) is 0 Å². The third-order valence-corrected chi connectivity index (χ3v) is 16.6. The van der Waals surface area contributed by atoms with Crippen LogP contribution in [-0.2, 0) is 20.6 Å². The van der Waals surface area contributed by atoms with Crippen LogP contribution in [0.25, 0.3) is 0 Å². The van der Waals surface area contributed by atoms with Crippen LogP contribution in [0.2, 0.25) is 0 Å². The number of aromatic hydroxyl groups is 20. The van der Waals surface area contributed by atoms with Crippen molar-refractivity contribution in [3.05, 3.63) is 165 Å². The van der Waals surface area contributed by atoms with Crippen molar-refractivity contribution >= 4 is 0 Å². The summed E-state index contributed by atoms with van der Waals surface area (Å²) < 4.78 is 57.4. The third kappa shape index (κ3) is 11.7. The van der Waals surface area contributed by atoms with Gasteiger partial charge in [0.1, 0.15) is 87.3 Å². The van der Waals surface area contributed by atoms with E-state index in [2.05, 4.69) is 0 Å². The van der Waals surface area contributed by atoms with Gasteiger partial charge in [0, 0.05) is 88.8 Å². The summed E-state index contributed by atoms with van der Waals surface area (Å²) in [7, 11) is 0. The van der Waals surface area contributed by atoms with Crippen molar-refractivity contribution in [1.82, 2.24) is 0 Å². The Morgan fingerprint density at radius 1 is 0.333 bits per heavy atom. The lowest BCUT2D eigenvalue weighted by Gasteiger charge is -2.45. The Morgan fingerprint density at radius 3 is 1.19 bits per heavy atom. The van der Waals surface area contributed by atoms with Crippen molar-refractivity contribution in [2.45, 2.75) is 61.8 Å². The van der Waals surface area contributed by atoms with Gasteiger partial charge in [0.15, 0.2) is 108 Å². The van der Waals surface area contributed by atoms with Gasteiger partial charge >= 0.3 is 0 Å². The van der Waals surface area contributed by atoms with Gasteiger partial charge in [-0.3, -0.25) is 0 Å². The van der Waals surface area contributed by atoms with Crippen LogP contribution in [0.15, 0.2) is 115 Å². The van der Waals surface area contributed by atoms with Crippen LogP contribution >= 0.6 is 0 Å². The van der Waals surface area contributed by atoms with Crippen LogP contribution in [-0.4, -0.2) is 141 Å². The maximum Gasteiger partial charge on any atom is 0.200 e. The van der Waals surface area contributed by atoms with Crippen LogP contribution in [0.3, 0.4) is 0 Å². The van der Waals surface area contributed by atoms with Gasteiger partial charge in [-0.15, -0.1) is 0 Å². The Morgan fingerprint density at radius 2 is 0.719 bits per heavy atom. The summed E-state index contributed by atoms with van der Waals surface area (Å²) >= 11 is 0. The lowest BCUT2D eigenvalue weighted by molar-refractivity contribution is -0.104. The van der Waals surface area contributed by atoms with E-state index in [9.17, 15) is 102 Å². The smallest absolute Gasteiger partial charge is 0.200 e. The maximum atomic E-state index is 12.8. The SMILES string of the molecule is Cc1cc(OCO[C@@H]2Cc3c(O)cc(O)c([C@H]4c5c(O)cc(O)c([C@H]6c7c(O)cc(O)cc7O[C@H](c7ccc(O)c(O)c7)[C@@H]6OCOc6cc(O)c(O)c(O)c6)c5O[C@H](c5ccc(O)c(O)c5)[C@@H]4OCOc4cc(O)c(O)c(O)c4)c3O[C@@H]2c2ccc(O)c(O)c2)cc(O)c1O. The first-order valence-electron chi connectivity index (χ1n) is 28.8. The molecule has 0 saturated carbocycles. The summed E-state index contributed by atoms with van der Waals surface area (Å²) in [6.07, 6.45) is -10.1. The lowest BCUT2D eigenvalue weighted by Crippen LogP contribution is -2.41. The highest BCUT2D eigenvalue weighted by atomic mass is 16.7. The molecule has 96 heavy (non-hydrogen) atoms. The lowest BCUT2D eigenvalue weighted by atomic mass is 9.73. The van der Waals surface area contributed by atoms with Crippen LogP contribution in [0, 0.1) is 6.92 Å². The Bertz CT molecular complexity index is 4460. The first-order valence-corrected chi connectivity index (χ1v) is 28.8. The van der Waals surface area contributed by atoms with Crippen molar-refractivity contribution in [2.75, 3.05) is 20.4 Å². The van der Waals surface area contributed by atoms with Crippen LogP contribution < -0.4 is 28.4 Å². The number of ether oxygens (including phenoxy) is 9.